The zero-order chi connectivity index (χ0) is 17.9. The van der Waals surface area contributed by atoms with E-state index in [1.165, 1.54) is 5.57 Å². The van der Waals surface area contributed by atoms with Crippen molar-refractivity contribution >= 4 is 29.0 Å². The summed E-state index contributed by atoms with van der Waals surface area (Å²) in [6, 6.07) is 0. The predicted molar refractivity (Wildman–Crippen MR) is 101 cm³/mol. The molecule has 0 amide bonds. The number of hydrogen-bond donors (Lipinski definition) is 1. The Kier molecular flexibility index (Phi) is 4.62. The number of halogens is 2. The number of carbonyl (C=O) groups excluding carboxylic acids is 1. The van der Waals surface area contributed by atoms with Crippen LogP contribution in [-0.2, 0) is 4.79 Å². The van der Waals surface area contributed by atoms with E-state index in [-0.39, 0.29) is 11.2 Å². The van der Waals surface area contributed by atoms with Crippen molar-refractivity contribution in [2.75, 3.05) is 0 Å². The van der Waals surface area contributed by atoms with E-state index < -0.39 is 6.10 Å². The first kappa shape index (κ1) is 18.1. The molecule has 0 aromatic heterocycles. The second-order valence-corrected chi connectivity index (χ2v) is 9.60. The molecule has 0 aromatic carbocycles. The summed E-state index contributed by atoms with van der Waals surface area (Å²) < 4.78 is 0. The summed E-state index contributed by atoms with van der Waals surface area (Å²) in [6.07, 6.45) is 8.16. The summed E-state index contributed by atoms with van der Waals surface area (Å²) in [5, 5.41) is 12.1. The van der Waals surface area contributed by atoms with Gasteiger partial charge in [0.05, 0.1) is 11.1 Å². The fourth-order valence-electron chi connectivity index (χ4n) is 6.88. The van der Waals surface area contributed by atoms with Gasteiger partial charge < -0.3 is 5.11 Å². The Hall–Kier alpha value is -0.310. The van der Waals surface area contributed by atoms with Crippen molar-refractivity contribution in [1.29, 1.82) is 0 Å². The van der Waals surface area contributed by atoms with Crippen LogP contribution in [-0.4, -0.2) is 17.0 Å². The topological polar surface area (TPSA) is 37.3 Å². The number of carbonyl (C=O) groups is 1. The maximum Gasteiger partial charge on any atom is 0.174 e. The Morgan fingerprint density at radius 2 is 2.08 bits per heavy atom. The van der Waals surface area contributed by atoms with Crippen LogP contribution in [0.25, 0.3) is 0 Å². The molecule has 0 aromatic rings. The highest BCUT2D eigenvalue weighted by Crippen LogP contribution is 2.63. The normalized spacial score (nSPS) is 46.9. The van der Waals surface area contributed by atoms with Crippen LogP contribution < -0.4 is 0 Å². The van der Waals surface area contributed by atoms with Gasteiger partial charge in [-0.1, -0.05) is 43.1 Å². The Morgan fingerprint density at radius 1 is 1.32 bits per heavy atom. The number of allylic oxidation sites excluding steroid dienone is 3. The van der Waals surface area contributed by atoms with Crippen molar-refractivity contribution in [2.24, 2.45) is 35.0 Å². The predicted octanol–water partition coefficient (Wildman–Crippen LogP) is 5.42. The Morgan fingerprint density at radius 3 is 2.80 bits per heavy atom. The lowest BCUT2D eigenvalue weighted by Gasteiger charge is -2.60. The SMILES string of the molecule is CCC12CC[C@H]3[C@@H]([C@H](C)CC4=C(Cl)C(=O)CC[C@@H]43)[C@@H]1CC=C(Cl)[C@@H]2O. The van der Waals surface area contributed by atoms with Crippen LogP contribution in [0.3, 0.4) is 0 Å². The smallest absolute Gasteiger partial charge is 0.174 e. The number of rotatable bonds is 1. The zero-order valence-corrected chi connectivity index (χ0v) is 16.6. The molecule has 25 heavy (non-hydrogen) atoms. The minimum atomic E-state index is -0.514. The second kappa shape index (κ2) is 6.39. The molecule has 4 aliphatic carbocycles. The van der Waals surface area contributed by atoms with Gasteiger partial charge >= 0.3 is 0 Å². The number of fused-ring (bicyclic) bond motifs is 5. The standard InChI is InChI=1S/C21H28Cl2O2/c1-3-21-9-8-13-12-4-7-17(24)19(23)14(12)10-11(2)18(13)15(21)5-6-16(22)20(21)25/h6,11-13,15,18,20,25H,3-5,7-10H2,1-2H3/t11-,12-,13-,15+,18-,20+,21?/m1/s1. The van der Waals surface area contributed by atoms with E-state index in [1.807, 2.05) is 0 Å². The average Bonchev–Trinajstić information content (AvgIpc) is 2.61. The van der Waals surface area contributed by atoms with Gasteiger partial charge in [-0.3, -0.25) is 4.79 Å². The highest BCUT2D eigenvalue weighted by atomic mass is 35.5. The van der Waals surface area contributed by atoms with Crippen molar-refractivity contribution < 1.29 is 9.90 Å². The van der Waals surface area contributed by atoms with Crippen molar-refractivity contribution in [3.8, 4) is 0 Å². The van der Waals surface area contributed by atoms with Crippen LogP contribution >= 0.6 is 23.2 Å². The van der Waals surface area contributed by atoms with E-state index in [0.717, 1.165) is 38.5 Å². The van der Waals surface area contributed by atoms with E-state index in [1.54, 1.807) is 0 Å². The molecule has 4 rings (SSSR count). The third kappa shape index (κ3) is 2.51. The molecular weight excluding hydrogens is 355 g/mol. The van der Waals surface area contributed by atoms with E-state index in [0.29, 0.717) is 46.1 Å². The zero-order valence-electron chi connectivity index (χ0n) is 15.1. The first-order valence-corrected chi connectivity index (χ1v) is 10.6. The maximum absolute atomic E-state index is 12.1. The van der Waals surface area contributed by atoms with Gasteiger partial charge in [-0.25, -0.2) is 0 Å². The van der Waals surface area contributed by atoms with Crippen molar-refractivity contribution in [3.63, 3.8) is 0 Å². The average molecular weight is 383 g/mol. The van der Waals surface area contributed by atoms with Crippen LogP contribution in [0, 0.1) is 35.0 Å². The van der Waals surface area contributed by atoms with Gasteiger partial charge in [0.2, 0.25) is 0 Å². The van der Waals surface area contributed by atoms with E-state index in [4.69, 9.17) is 23.2 Å². The molecular formula is C21H28Cl2O2. The van der Waals surface area contributed by atoms with Gasteiger partial charge in [-0.2, -0.15) is 0 Å². The first-order chi connectivity index (χ1) is 11.9. The lowest BCUT2D eigenvalue weighted by Crippen LogP contribution is -2.56. The summed E-state index contributed by atoms with van der Waals surface area (Å²) >= 11 is 12.8. The molecule has 2 saturated carbocycles. The van der Waals surface area contributed by atoms with Crippen LogP contribution in [0.2, 0.25) is 0 Å². The highest BCUT2D eigenvalue weighted by Gasteiger charge is 2.58. The molecule has 0 spiro atoms. The van der Waals surface area contributed by atoms with Crippen LogP contribution in [0.5, 0.6) is 0 Å². The Bertz CT molecular complexity index is 652. The number of aliphatic hydroxyl groups excluding tert-OH is 1. The summed E-state index contributed by atoms with van der Waals surface area (Å²) in [7, 11) is 0. The van der Waals surface area contributed by atoms with E-state index >= 15 is 0 Å². The van der Waals surface area contributed by atoms with E-state index in [9.17, 15) is 9.90 Å². The Labute approximate surface area is 160 Å². The molecule has 2 fully saturated rings. The second-order valence-electron chi connectivity index (χ2n) is 8.79. The van der Waals surface area contributed by atoms with Gasteiger partial charge in [0.25, 0.3) is 0 Å². The molecule has 138 valence electrons. The summed E-state index contributed by atoms with van der Waals surface area (Å²) in [4.78, 5) is 12.1. The fraction of sp³-hybridized carbons (Fsp3) is 0.762. The molecule has 0 saturated heterocycles. The summed E-state index contributed by atoms with van der Waals surface area (Å²) in [5.41, 5.74) is 1.16. The fourth-order valence-corrected chi connectivity index (χ4v) is 7.50. The van der Waals surface area contributed by atoms with Gasteiger partial charge in [-0.05, 0) is 73.7 Å². The number of ketones is 1. The molecule has 4 heteroatoms. The van der Waals surface area contributed by atoms with Gasteiger partial charge in [0, 0.05) is 16.9 Å². The molecule has 2 nitrogen and oxygen atoms in total. The summed E-state index contributed by atoms with van der Waals surface area (Å²) in [5.74, 6) is 2.80. The maximum atomic E-state index is 12.1. The minimum absolute atomic E-state index is 0.0727. The molecule has 0 bridgehead atoms. The first-order valence-electron chi connectivity index (χ1n) is 9.86. The molecule has 0 radical (unpaired) electrons. The number of aliphatic hydroxyl groups is 1. The lowest BCUT2D eigenvalue weighted by molar-refractivity contribution is -0.120. The molecule has 1 N–H and O–H groups in total. The van der Waals surface area contributed by atoms with Gasteiger partial charge in [0.1, 0.15) is 0 Å². The number of hydrogen-bond acceptors (Lipinski definition) is 2. The van der Waals surface area contributed by atoms with Crippen LogP contribution in [0.1, 0.15) is 58.8 Å². The number of Topliss-reactive ketones (excluding diaryl/α,β-unsaturated/α-hetero) is 1. The molecule has 1 unspecified atom stereocenters. The Balaban J connectivity index is 1.74. The van der Waals surface area contributed by atoms with Crippen molar-refractivity contribution in [2.45, 2.75) is 64.9 Å². The summed E-state index contributed by atoms with van der Waals surface area (Å²) in [6.45, 7) is 4.53. The monoisotopic (exact) mass is 382 g/mol. The molecule has 0 aliphatic heterocycles. The molecule has 0 heterocycles. The van der Waals surface area contributed by atoms with E-state index in [2.05, 4.69) is 19.9 Å². The van der Waals surface area contributed by atoms with Gasteiger partial charge in [0.15, 0.2) is 5.78 Å². The lowest BCUT2D eigenvalue weighted by atomic mass is 9.45. The highest BCUT2D eigenvalue weighted by molar-refractivity contribution is 6.43. The third-order valence-electron chi connectivity index (χ3n) is 8.04. The van der Waals surface area contributed by atoms with Gasteiger partial charge in [-0.15, -0.1) is 0 Å². The van der Waals surface area contributed by atoms with Crippen molar-refractivity contribution in [1.82, 2.24) is 0 Å². The quantitative estimate of drug-likeness (QED) is 0.656. The largest absolute Gasteiger partial charge is 0.387 e. The third-order valence-corrected chi connectivity index (χ3v) is 8.86. The molecule has 4 aliphatic rings. The molecule has 7 atom stereocenters. The van der Waals surface area contributed by atoms with Crippen LogP contribution in [0.15, 0.2) is 21.7 Å². The van der Waals surface area contributed by atoms with Crippen LogP contribution in [0.4, 0.5) is 0 Å². The van der Waals surface area contributed by atoms with Crippen molar-refractivity contribution in [3.05, 3.63) is 21.7 Å². The minimum Gasteiger partial charge on any atom is -0.387 e.